The van der Waals surface area contributed by atoms with E-state index < -0.39 is 18.3 Å². The first kappa shape index (κ1) is 28.7. The fourth-order valence-corrected chi connectivity index (χ4v) is 25.0. The normalized spacial score (nSPS) is 14.1. The summed E-state index contributed by atoms with van der Waals surface area (Å²) in [6.07, 6.45) is 9.07. The van der Waals surface area contributed by atoms with Crippen LogP contribution < -0.4 is 3.27 Å². The summed E-state index contributed by atoms with van der Waals surface area (Å²) in [5, 5.41) is 0. The molecular weight excluding hydrogens is 583 g/mol. The Morgan fingerprint density at radius 1 is 0.737 bits per heavy atom. The Labute approximate surface area is 241 Å². The van der Waals surface area contributed by atoms with Gasteiger partial charge in [-0.15, -0.1) is 24.8 Å². The SMILES string of the molecule is Cl.Cl.[CH2]=[Zr]([CH2]c1ccccc1)([C]1=CC=CC1)([c]1cccc2c1Cc1ccccc1-2)[C](C)(C)c1ccccc1. The first-order valence-corrected chi connectivity index (χ1v) is 20.3. The number of hydrogen-bond donors (Lipinski definition) is 0. The molecule has 0 saturated heterocycles. The summed E-state index contributed by atoms with van der Waals surface area (Å²) in [6.45, 7) is 5.01. The molecule has 0 heterocycles. The van der Waals surface area contributed by atoms with Crippen LogP contribution in [0.1, 0.15) is 42.5 Å². The number of hydrogen-bond acceptors (Lipinski definition) is 0. The van der Waals surface area contributed by atoms with Gasteiger partial charge in [0.1, 0.15) is 0 Å². The van der Waals surface area contributed by atoms with Gasteiger partial charge in [0, 0.05) is 0 Å². The Balaban J connectivity index is 0.00000168. The molecule has 0 atom stereocenters. The van der Waals surface area contributed by atoms with Crippen LogP contribution in [0.25, 0.3) is 11.1 Å². The standard InChI is InChI=1S/C13H9.C9H11.C7H7.C5H5.CH2.2ClH.Zr/c1-3-7-12-10(5-1)9-11-6-2-4-8-13(11)12;1-8(2)9-6-4-3-5-7-9;1-7-5-3-2-4-6-7;1-2-4-5-3-1;;;;/h1-5,7-8H,9H2;3-7H,1-2H3;2-6H,1H2;1-3H,4H2;1H2;2*1H;. The van der Waals surface area contributed by atoms with E-state index >= 15 is 0 Å². The number of rotatable bonds is 6. The Morgan fingerprint density at radius 3 is 2.05 bits per heavy atom. The molecule has 2 aliphatic rings. The van der Waals surface area contributed by atoms with E-state index in [0.29, 0.717) is 0 Å². The topological polar surface area (TPSA) is 0 Å². The van der Waals surface area contributed by atoms with Gasteiger partial charge in [-0.3, -0.25) is 0 Å². The third-order valence-electron chi connectivity index (χ3n) is 9.49. The van der Waals surface area contributed by atoms with Gasteiger partial charge in [-0.1, -0.05) is 0 Å². The van der Waals surface area contributed by atoms with E-state index in [4.69, 9.17) is 4.21 Å². The van der Waals surface area contributed by atoms with Crippen LogP contribution in [-0.4, -0.2) is 4.21 Å². The molecule has 0 N–H and O–H groups in total. The van der Waals surface area contributed by atoms with E-state index in [9.17, 15) is 0 Å². The minimum atomic E-state index is -4.44. The van der Waals surface area contributed by atoms with Gasteiger partial charge in [-0.25, -0.2) is 0 Å². The molecule has 0 radical (unpaired) electrons. The molecule has 0 nitrogen and oxygen atoms in total. The third-order valence-corrected chi connectivity index (χ3v) is 29.6. The third kappa shape index (κ3) is 4.10. The van der Waals surface area contributed by atoms with Gasteiger partial charge in [0.05, 0.1) is 0 Å². The fraction of sp³-hybridized carbons (Fsp3) is 0.171. The average molecular weight is 619 g/mol. The maximum absolute atomic E-state index is 5.64. The Bertz CT molecular complexity index is 1580. The summed E-state index contributed by atoms with van der Waals surface area (Å²) in [6, 6.07) is 38.4. The number of fused-ring (bicyclic) bond motifs is 3. The minimum absolute atomic E-state index is 0. The van der Waals surface area contributed by atoms with Crippen LogP contribution in [0.5, 0.6) is 0 Å². The van der Waals surface area contributed by atoms with E-state index in [-0.39, 0.29) is 27.9 Å². The fourth-order valence-electron chi connectivity index (χ4n) is 7.21. The van der Waals surface area contributed by atoms with Crippen molar-refractivity contribution in [3.63, 3.8) is 0 Å². The zero-order valence-corrected chi connectivity index (χ0v) is 26.3. The van der Waals surface area contributed by atoms with Crippen LogP contribution >= 0.6 is 24.8 Å². The quantitative estimate of drug-likeness (QED) is 0.178. The molecule has 0 aromatic heterocycles. The summed E-state index contributed by atoms with van der Waals surface area (Å²) in [5.41, 5.74) is 8.58. The summed E-state index contributed by atoms with van der Waals surface area (Å²) in [4.78, 5) is 0. The van der Waals surface area contributed by atoms with Crippen molar-refractivity contribution in [1.29, 1.82) is 0 Å². The monoisotopic (exact) mass is 616 g/mol. The molecule has 0 unspecified atom stereocenters. The molecule has 4 aromatic rings. The first-order valence-electron chi connectivity index (χ1n) is 13.1. The molecule has 0 amide bonds. The Hall–Kier alpha value is -2.31. The summed E-state index contributed by atoms with van der Waals surface area (Å²) in [5.74, 6) is 0. The van der Waals surface area contributed by atoms with Crippen molar-refractivity contribution in [1.82, 2.24) is 0 Å². The predicted octanol–water partition coefficient (Wildman–Crippen LogP) is 8.83. The van der Waals surface area contributed by atoms with Gasteiger partial charge in [-0.05, 0) is 0 Å². The van der Waals surface area contributed by atoms with Crippen LogP contribution in [0.3, 0.4) is 0 Å². The molecule has 0 spiro atoms. The van der Waals surface area contributed by atoms with Crippen molar-refractivity contribution in [2.45, 2.75) is 33.9 Å². The molecule has 0 bridgehead atoms. The van der Waals surface area contributed by atoms with Crippen LogP contribution in [-0.2, 0) is 32.0 Å². The van der Waals surface area contributed by atoms with Crippen molar-refractivity contribution < 1.29 is 18.3 Å². The maximum atomic E-state index is 5.64. The predicted molar refractivity (Wildman–Crippen MR) is 167 cm³/mol. The Kier molecular flexibility index (Phi) is 8.07. The van der Waals surface area contributed by atoms with E-state index in [1.54, 1.807) is 6.55 Å². The number of halogens is 2. The van der Waals surface area contributed by atoms with Crippen LogP contribution in [0.15, 0.2) is 125 Å². The molecule has 6 rings (SSSR count). The molecule has 0 saturated carbocycles. The van der Waals surface area contributed by atoms with E-state index in [1.807, 2.05) is 0 Å². The van der Waals surface area contributed by atoms with Crippen molar-refractivity contribution in [3.05, 3.63) is 147 Å². The number of allylic oxidation sites excluding steroid dienone is 4. The summed E-state index contributed by atoms with van der Waals surface area (Å²) >= 11 is -4.44. The van der Waals surface area contributed by atoms with Crippen molar-refractivity contribution in [2.75, 3.05) is 0 Å². The van der Waals surface area contributed by atoms with Gasteiger partial charge in [0.25, 0.3) is 0 Å². The average Bonchev–Trinajstić information content (AvgIpc) is 3.59. The molecule has 0 aliphatic heterocycles. The van der Waals surface area contributed by atoms with Gasteiger partial charge in [-0.2, -0.15) is 0 Å². The summed E-state index contributed by atoms with van der Waals surface area (Å²) < 4.78 is 9.74. The zero-order chi connectivity index (χ0) is 24.8. The first-order chi connectivity index (χ1) is 17.4. The van der Waals surface area contributed by atoms with Crippen molar-refractivity contribution >= 4 is 32.3 Å². The second kappa shape index (κ2) is 10.7. The summed E-state index contributed by atoms with van der Waals surface area (Å²) in [7, 11) is 0. The number of benzene rings is 4. The zero-order valence-electron chi connectivity index (χ0n) is 22.2. The molecule has 2 aliphatic carbocycles. The van der Waals surface area contributed by atoms with E-state index in [0.717, 1.165) is 17.0 Å². The van der Waals surface area contributed by atoms with Crippen LogP contribution in [0.4, 0.5) is 0 Å². The van der Waals surface area contributed by atoms with Gasteiger partial charge in [0.15, 0.2) is 0 Å². The molecule has 0 fully saturated rings. The van der Waals surface area contributed by atoms with Gasteiger partial charge >= 0.3 is 218 Å². The van der Waals surface area contributed by atoms with E-state index in [1.165, 1.54) is 33.4 Å². The second-order valence-electron chi connectivity index (χ2n) is 11.3. The molecular formula is C35H36Cl2Zr. The van der Waals surface area contributed by atoms with Crippen LogP contribution in [0.2, 0.25) is 0 Å². The molecule has 4 aromatic carbocycles. The van der Waals surface area contributed by atoms with Crippen molar-refractivity contribution in [3.8, 4) is 11.1 Å². The van der Waals surface area contributed by atoms with Crippen molar-refractivity contribution in [2.24, 2.45) is 0 Å². The van der Waals surface area contributed by atoms with Crippen LogP contribution in [0, 0.1) is 0 Å². The van der Waals surface area contributed by atoms with Gasteiger partial charge in [0.2, 0.25) is 0 Å². The second-order valence-corrected chi connectivity index (χ2v) is 26.5. The van der Waals surface area contributed by atoms with E-state index in [2.05, 4.69) is 135 Å². The molecule has 194 valence electrons. The molecule has 38 heavy (non-hydrogen) atoms. The van der Waals surface area contributed by atoms with Gasteiger partial charge < -0.3 is 0 Å². The molecule has 3 heteroatoms. The Morgan fingerprint density at radius 2 is 1.37 bits per heavy atom.